The average molecular weight is 222 g/mol. The van der Waals surface area contributed by atoms with Crippen LogP contribution in [0.3, 0.4) is 0 Å². The van der Waals surface area contributed by atoms with Crippen LogP contribution >= 0.6 is 0 Å². The fourth-order valence-electron chi connectivity index (χ4n) is 2.09. The van der Waals surface area contributed by atoms with Gasteiger partial charge in [-0.3, -0.25) is 0 Å². The Hall–Kier alpha value is -1.78. The zero-order valence-corrected chi connectivity index (χ0v) is 9.79. The van der Waals surface area contributed by atoms with Crippen molar-refractivity contribution in [3.63, 3.8) is 0 Å². The molecule has 1 aromatic rings. The first-order valence-corrected chi connectivity index (χ1v) is 5.21. The molecule has 1 atom stereocenters. The van der Waals surface area contributed by atoms with Crippen molar-refractivity contribution in [2.24, 2.45) is 0 Å². The largest absolute Gasteiger partial charge is 0.487 e. The predicted octanol–water partition coefficient (Wildman–Crippen LogP) is 1.07. The Morgan fingerprint density at radius 1 is 0.938 bits per heavy atom. The van der Waals surface area contributed by atoms with E-state index in [0.717, 1.165) is 5.56 Å². The Balaban J connectivity index is 2.82. The molecular weight excluding hydrogens is 204 g/mol. The lowest BCUT2D eigenvalue weighted by atomic mass is 9.80. The van der Waals surface area contributed by atoms with E-state index in [1.807, 2.05) is 6.92 Å². The molecule has 5 heteroatoms. The first kappa shape index (κ1) is 10.7. The van der Waals surface area contributed by atoms with E-state index in [1.165, 1.54) is 0 Å². The van der Waals surface area contributed by atoms with E-state index in [0.29, 0.717) is 28.5 Å². The van der Waals surface area contributed by atoms with Gasteiger partial charge in [0.1, 0.15) is 11.8 Å². The molecule has 1 aliphatic rings. The summed E-state index contributed by atoms with van der Waals surface area (Å²) in [5.41, 5.74) is 25.7. The molecule has 1 aliphatic heterocycles. The van der Waals surface area contributed by atoms with Gasteiger partial charge in [0.25, 0.3) is 0 Å². The van der Waals surface area contributed by atoms with Gasteiger partial charge in [-0.1, -0.05) is 13.8 Å². The quantitative estimate of drug-likeness (QED) is 0.490. The summed E-state index contributed by atoms with van der Waals surface area (Å²) in [6, 6.07) is 0. The summed E-state index contributed by atoms with van der Waals surface area (Å²) in [5, 5.41) is 0. The highest BCUT2D eigenvalue weighted by atomic mass is 16.5. The average Bonchev–Trinajstić information content (AvgIpc) is 2.45. The van der Waals surface area contributed by atoms with Gasteiger partial charge >= 0.3 is 0 Å². The molecule has 5 nitrogen and oxygen atoms in total. The Morgan fingerprint density at radius 2 is 1.44 bits per heavy atom. The highest BCUT2D eigenvalue weighted by Crippen LogP contribution is 2.53. The molecule has 0 fully saturated rings. The van der Waals surface area contributed by atoms with Crippen LogP contribution in [0.4, 0.5) is 22.7 Å². The monoisotopic (exact) mass is 222 g/mol. The number of benzene rings is 1. The van der Waals surface area contributed by atoms with Crippen LogP contribution in [-0.2, 0) is 5.41 Å². The molecule has 0 radical (unpaired) electrons. The highest BCUT2D eigenvalue weighted by Gasteiger charge is 2.42. The number of anilines is 4. The van der Waals surface area contributed by atoms with E-state index >= 15 is 0 Å². The molecule has 1 aromatic carbocycles. The van der Waals surface area contributed by atoms with E-state index in [-0.39, 0.29) is 11.5 Å². The molecule has 16 heavy (non-hydrogen) atoms. The molecule has 0 spiro atoms. The van der Waals surface area contributed by atoms with Crippen molar-refractivity contribution in [1.29, 1.82) is 0 Å². The zero-order chi connectivity index (χ0) is 12.2. The van der Waals surface area contributed by atoms with Crippen molar-refractivity contribution in [1.82, 2.24) is 0 Å². The summed E-state index contributed by atoms with van der Waals surface area (Å²) in [7, 11) is 0. The van der Waals surface area contributed by atoms with Crippen LogP contribution in [0.5, 0.6) is 5.75 Å². The van der Waals surface area contributed by atoms with E-state index in [4.69, 9.17) is 27.7 Å². The van der Waals surface area contributed by atoms with Gasteiger partial charge in [0.15, 0.2) is 5.75 Å². The van der Waals surface area contributed by atoms with Crippen molar-refractivity contribution < 1.29 is 4.74 Å². The maximum atomic E-state index is 6.00. The van der Waals surface area contributed by atoms with Gasteiger partial charge in [0, 0.05) is 11.0 Å². The van der Waals surface area contributed by atoms with Crippen molar-refractivity contribution in [2.75, 3.05) is 22.9 Å². The number of ether oxygens (including phenoxy) is 1. The summed E-state index contributed by atoms with van der Waals surface area (Å²) in [4.78, 5) is 0. The lowest BCUT2D eigenvalue weighted by Gasteiger charge is -2.23. The molecule has 8 N–H and O–H groups in total. The lowest BCUT2D eigenvalue weighted by molar-refractivity contribution is 0.186. The van der Waals surface area contributed by atoms with Gasteiger partial charge in [-0.15, -0.1) is 0 Å². The number of nitrogens with two attached hydrogens (primary N) is 4. The third-order valence-electron chi connectivity index (χ3n) is 3.57. The van der Waals surface area contributed by atoms with Gasteiger partial charge in [0.05, 0.1) is 17.1 Å². The summed E-state index contributed by atoms with van der Waals surface area (Å²) in [6.45, 7) is 6.08. The Labute approximate surface area is 94.7 Å². The smallest absolute Gasteiger partial charge is 0.150 e. The van der Waals surface area contributed by atoms with E-state index in [2.05, 4.69) is 13.8 Å². The van der Waals surface area contributed by atoms with Crippen LogP contribution < -0.4 is 27.7 Å². The maximum Gasteiger partial charge on any atom is 0.150 e. The van der Waals surface area contributed by atoms with Gasteiger partial charge < -0.3 is 27.7 Å². The summed E-state index contributed by atoms with van der Waals surface area (Å²) < 4.78 is 5.73. The molecule has 0 aromatic heterocycles. The fraction of sp³-hybridized carbons (Fsp3) is 0.455. The van der Waals surface area contributed by atoms with Crippen molar-refractivity contribution in [3.05, 3.63) is 5.56 Å². The SMILES string of the molecule is CC1Oc2c(N)c(N)c(N)c(N)c2C1(C)C. The first-order chi connectivity index (χ1) is 7.28. The van der Waals surface area contributed by atoms with Crippen molar-refractivity contribution in [3.8, 4) is 5.75 Å². The molecule has 1 heterocycles. The van der Waals surface area contributed by atoms with Gasteiger partial charge in [-0.05, 0) is 6.92 Å². The van der Waals surface area contributed by atoms with E-state index < -0.39 is 0 Å². The van der Waals surface area contributed by atoms with Crippen LogP contribution in [0.25, 0.3) is 0 Å². The topological polar surface area (TPSA) is 113 Å². The van der Waals surface area contributed by atoms with E-state index in [1.54, 1.807) is 0 Å². The Bertz CT molecular complexity index is 468. The molecule has 0 saturated carbocycles. The van der Waals surface area contributed by atoms with Crippen molar-refractivity contribution >= 4 is 22.7 Å². The van der Waals surface area contributed by atoms with Gasteiger partial charge in [-0.2, -0.15) is 0 Å². The van der Waals surface area contributed by atoms with Crippen LogP contribution in [0.15, 0.2) is 0 Å². The predicted molar refractivity (Wildman–Crippen MR) is 67.2 cm³/mol. The van der Waals surface area contributed by atoms with Crippen LogP contribution in [0, 0.1) is 0 Å². The van der Waals surface area contributed by atoms with Crippen LogP contribution in [0.1, 0.15) is 26.3 Å². The highest BCUT2D eigenvalue weighted by molar-refractivity contribution is 5.94. The molecule has 88 valence electrons. The Kier molecular flexibility index (Phi) is 1.93. The second kappa shape index (κ2) is 2.87. The minimum atomic E-state index is -0.213. The first-order valence-electron chi connectivity index (χ1n) is 5.21. The molecular formula is C11H18N4O. The maximum absolute atomic E-state index is 6.00. The number of nitrogen functional groups attached to an aromatic ring is 4. The van der Waals surface area contributed by atoms with E-state index in [9.17, 15) is 0 Å². The lowest BCUT2D eigenvalue weighted by Crippen LogP contribution is -2.29. The molecule has 0 bridgehead atoms. The molecule has 2 rings (SSSR count). The second-order valence-corrected chi connectivity index (χ2v) is 4.84. The number of fused-ring (bicyclic) bond motifs is 1. The molecule has 1 unspecified atom stereocenters. The standard InChI is InChI=1S/C11H18N4O/c1-4-11(2,3)5-6(12)7(13)8(14)9(15)10(5)16-4/h4H,12-15H2,1-3H3. The number of hydrogen-bond acceptors (Lipinski definition) is 5. The fourth-order valence-corrected chi connectivity index (χ4v) is 2.09. The molecule has 0 aliphatic carbocycles. The summed E-state index contributed by atoms with van der Waals surface area (Å²) >= 11 is 0. The van der Waals surface area contributed by atoms with Gasteiger partial charge in [0.2, 0.25) is 0 Å². The third kappa shape index (κ3) is 1.05. The minimum absolute atomic E-state index is 0.00620. The number of rotatable bonds is 0. The number of hydrogen-bond donors (Lipinski definition) is 4. The van der Waals surface area contributed by atoms with Gasteiger partial charge in [-0.25, -0.2) is 0 Å². The minimum Gasteiger partial charge on any atom is -0.487 e. The third-order valence-corrected chi connectivity index (χ3v) is 3.57. The summed E-state index contributed by atoms with van der Waals surface area (Å²) in [6.07, 6.45) is -0.00620. The van der Waals surface area contributed by atoms with Crippen LogP contribution in [-0.4, -0.2) is 6.10 Å². The summed E-state index contributed by atoms with van der Waals surface area (Å²) in [5.74, 6) is 0.585. The van der Waals surface area contributed by atoms with Crippen molar-refractivity contribution in [2.45, 2.75) is 32.3 Å². The molecule has 0 amide bonds. The zero-order valence-electron chi connectivity index (χ0n) is 9.79. The second-order valence-electron chi connectivity index (χ2n) is 4.84. The van der Waals surface area contributed by atoms with Crippen LogP contribution in [0.2, 0.25) is 0 Å². The Morgan fingerprint density at radius 3 is 2.00 bits per heavy atom. The molecule has 0 saturated heterocycles. The normalized spacial score (nSPS) is 21.6.